The zero-order valence-corrected chi connectivity index (χ0v) is 12.6. The number of carbonyl (C=O) groups is 2. The SMILES string of the molecule is C[C@@H](Oc1ccc(F)cc1)C(=O)NC(=O)NC1CCCCC1. The van der Waals surface area contributed by atoms with E-state index in [1.165, 1.54) is 37.6 Å². The highest BCUT2D eigenvalue weighted by molar-refractivity contribution is 5.96. The molecule has 5 nitrogen and oxygen atoms in total. The number of nitrogens with one attached hydrogen (secondary N) is 2. The fourth-order valence-corrected chi connectivity index (χ4v) is 2.45. The molecule has 2 rings (SSSR count). The molecule has 0 aromatic heterocycles. The summed E-state index contributed by atoms with van der Waals surface area (Å²) in [7, 11) is 0. The van der Waals surface area contributed by atoms with Gasteiger partial charge in [-0.2, -0.15) is 0 Å². The normalized spacial score (nSPS) is 16.6. The Morgan fingerprint density at radius 3 is 2.45 bits per heavy atom. The summed E-state index contributed by atoms with van der Waals surface area (Å²) in [6.07, 6.45) is 4.45. The number of benzene rings is 1. The molecule has 6 heteroatoms. The predicted octanol–water partition coefficient (Wildman–Crippen LogP) is 2.75. The van der Waals surface area contributed by atoms with Gasteiger partial charge in [0.05, 0.1) is 0 Å². The number of rotatable bonds is 4. The summed E-state index contributed by atoms with van der Waals surface area (Å²) >= 11 is 0. The molecule has 0 aliphatic heterocycles. The third-order valence-electron chi connectivity index (χ3n) is 3.67. The monoisotopic (exact) mass is 308 g/mol. The van der Waals surface area contributed by atoms with Crippen molar-refractivity contribution >= 4 is 11.9 Å². The molecule has 1 aliphatic rings. The van der Waals surface area contributed by atoms with Gasteiger partial charge in [0.2, 0.25) is 0 Å². The van der Waals surface area contributed by atoms with Crippen LogP contribution in [0.15, 0.2) is 24.3 Å². The van der Waals surface area contributed by atoms with Gasteiger partial charge in [0, 0.05) is 6.04 Å². The lowest BCUT2D eigenvalue weighted by Crippen LogP contribution is -2.48. The Kier molecular flexibility index (Phi) is 5.75. The van der Waals surface area contributed by atoms with Gasteiger partial charge in [-0.3, -0.25) is 10.1 Å². The van der Waals surface area contributed by atoms with Gasteiger partial charge in [-0.25, -0.2) is 9.18 Å². The number of imide groups is 1. The van der Waals surface area contributed by atoms with Crippen molar-refractivity contribution in [1.29, 1.82) is 0 Å². The standard InChI is InChI=1S/C16H21FN2O3/c1-11(22-14-9-7-12(17)8-10-14)15(20)19-16(21)18-13-5-3-2-4-6-13/h7-11,13H,2-6H2,1H3,(H2,18,19,20,21)/t11-/m1/s1. The van der Waals surface area contributed by atoms with Crippen molar-refractivity contribution in [2.75, 3.05) is 0 Å². The van der Waals surface area contributed by atoms with Crippen molar-refractivity contribution < 1.29 is 18.7 Å². The van der Waals surface area contributed by atoms with Crippen molar-refractivity contribution in [3.63, 3.8) is 0 Å². The number of hydrogen-bond acceptors (Lipinski definition) is 3. The molecule has 3 amide bonds. The van der Waals surface area contributed by atoms with Gasteiger partial charge in [-0.1, -0.05) is 19.3 Å². The maximum absolute atomic E-state index is 12.8. The minimum Gasteiger partial charge on any atom is -0.481 e. The van der Waals surface area contributed by atoms with Gasteiger partial charge >= 0.3 is 6.03 Å². The Hall–Kier alpha value is -2.11. The van der Waals surface area contributed by atoms with E-state index in [0.29, 0.717) is 5.75 Å². The maximum Gasteiger partial charge on any atom is 0.321 e. The van der Waals surface area contributed by atoms with Gasteiger partial charge < -0.3 is 10.1 Å². The van der Waals surface area contributed by atoms with E-state index in [4.69, 9.17) is 4.74 Å². The molecule has 1 aromatic rings. The first kappa shape index (κ1) is 16.3. The Morgan fingerprint density at radius 1 is 1.18 bits per heavy atom. The molecule has 1 aliphatic carbocycles. The van der Waals surface area contributed by atoms with Crippen LogP contribution in [0, 0.1) is 5.82 Å². The molecule has 0 spiro atoms. The van der Waals surface area contributed by atoms with E-state index < -0.39 is 18.0 Å². The molecule has 120 valence electrons. The van der Waals surface area contributed by atoms with E-state index >= 15 is 0 Å². The lowest BCUT2D eigenvalue weighted by atomic mass is 9.96. The zero-order valence-electron chi connectivity index (χ0n) is 12.6. The van der Waals surface area contributed by atoms with Crippen LogP contribution in [-0.4, -0.2) is 24.1 Å². The van der Waals surface area contributed by atoms with E-state index in [1.54, 1.807) is 0 Å². The second-order valence-electron chi connectivity index (χ2n) is 5.51. The lowest BCUT2D eigenvalue weighted by molar-refractivity contribution is -0.126. The van der Waals surface area contributed by atoms with Crippen molar-refractivity contribution in [3.05, 3.63) is 30.1 Å². The van der Waals surface area contributed by atoms with Gasteiger partial charge in [0.25, 0.3) is 5.91 Å². The summed E-state index contributed by atoms with van der Waals surface area (Å²) in [5.41, 5.74) is 0. The second-order valence-corrected chi connectivity index (χ2v) is 5.51. The summed E-state index contributed by atoms with van der Waals surface area (Å²) in [6.45, 7) is 1.53. The molecule has 1 fully saturated rings. The molecule has 0 radical (unpaired) electrons. The summed E-state index contributed by atoms with van der Waals surface area (Å²) in [6, 6.07) is 5.00. The molecule has 0 saturated heterocycles. The second kappa shape index (κ2) is 7.77. The summed E-state index contributed by atoms with van der Waals surface area (Å²) in [5, 5.41) is 5.07. The highest BCUT2D eigenvalue weighted by Gasteiger charge is 2.20. The number of halogens is 1. The van der Waals surface area contributed by atoms with E-state index in [0.717, 1.165) is 25.7 Å². The van der Waals surface area contributed by atoms with E-state index in [1.807, 2.05) is 0 Å². The average molecular weight is 308 g/mol. The van der Waals surface area contributed by atoms with Crippen LogP contribution in [-0.2, 0) is 4.79 Å². The van der Waals surface area contributed by atoms with Gasteiger partial charge in [0.1, 0.15) is 11.6 Å². The average Bonchev–Trinajstić information content (AvgIpc) is 2.50. The predicted molar refractivity (Wildman–Crippen MR) is 80.0 cm³/mol. The van der Waals surface area contributed by atoms with Crippen LogP contribution in [0.25, 0.3) is 0 Å². The highest BCUT2D eigenvalue weighted by atomic mass is 19.1. The smallest absolute Gasteiger partial charge is 0.321 e. The zero-order chi connectivity index (χ0) is 15.9. The minimum atomic E-state index is -0.845. The van der Waals surface area contributed by atoms with E-state index in [9.17, 15) is 14.0 Å². The van der Waals surface area contributed by atoms with Crippen LogP contribution >= 0.6 is 0 Å². The molecule has 2 N–H and O–H groups in total. The number of carbonyl (C=O) groups excluding carboxylic acids is 2. The van der Waals surface area contributed by atoms with E-state index in [-0.39, 0.29) is 11.9 Å². The van der Waals surface area contributed by atoms with Crippen LogP contribution < -0.4 is 15.4 Å². The quantitative estimate of drug-likeness (QED) is 0.898. The number of ether oxygens (including phenoxy) is 1. The fourth-order valence-electron chi connectivity index (χ4n) is 2.45. The number of hydrogen-bond donors (Lipinski definition) is 2. The molecule has 1 saturated carbocycles. The lowest BCUT2D eigenvalue weighted by Gasteiger charge is -2.23. The first-order chi connectivity index (χ1) is 10.5. The van der Waals surface area contributed by atoms with Crippen molar-refractivity contribution in [2.45, 2.75) is 51.2 Å². The first-order valence-corrected chi connectivity index (χ1v) is 7.58. The largest absolute Gasteiger partial charge is 0.481 e. The molecule has 0 unspecified atom stereocenters. The van der Waals surface area contributed by atoms with Crippen LogP contribution in [0.5, 0.6) is 5.75 Å². The molecule has 0 heterocycles. The molecule has 1 atom stereocenters. The van der Waals surface area contributed by atoms with Crippen LogP contribution in [0.2, 0.25) is 0 Å². The van der Waals surface area contributed by atoms with Gasteiger partial charge in [0.15, 0.2) is 6.10 Å². The number of urea groups is 1. The molecular formula is C16H21FN2O3. The van der Waals surface area contributed by atoms with Crippen molar-refractivity contribution in [3.8, 4) is 5.75 Å². The molecule has 0 bridgehead atoms. The highest BCUT2D eigenvalue weighted by Crippen LogP contribution is 2.17. The third kappa shape index (κ3) is 5.02. The van der Waals surface area contributed by atoms with Crippen molar-refractivity contribution in [1.82, 2.24) is 10.6 Å². The number of amides is 3. The van der Waals surface area contributed by atoms with Crippen LogP contribution in [0.3, 0.4) is 0 Å². The van der Waals surface area contributed by atoms with Crippen LogP contribution in [0.1, 0.15) is 39.0 Å². The molecule has 1 aromatic carbocycles. The molecular weight excluding hydrogens is 287 g/mol. The fraction of sp³-hybridized carbons (Fsp3) is 0.500. The third-order valence-corrected chi connectivity index (χ3v) is 3.67. The van der Waals surface area contributed by atoms with Crippen LogP contribution in [0.4, 0.5) is 9.18 Å². The minimum absolute atomic E-state index is 0.134. The Bertz CT molecular complexity index is 513. The van der Waals surface area contributed by atoms with E-state index in [2.05, 4.69) is 10.6 Å². The Balaban J connectivity index is 1.77. The Labute approximate surface area is 129 Å². The van der Waals surface area contributed by atoms with Gasteiger partial charge in [-0.15, -0.1) is 0 Å². The molecule has 22 heavy (non-hydrogen) atoms. The summed E-state index contributed by atoms with van der Waals surface area (Å²) < 4.78 is 18.2. The van der Waals surface area contributed by atoms with Gasteiger partial charge in [-0.05, 0) is 44.0 Å². The maximum atomic E-state index is 12.8. The Morgan fingerprint density at radius 2 is 1.82 bits per heavy atom. The first-order valence-electron chi connectivity index (χ1n) is 7.58. The van der Waals surface area contributed by atoms with Crippen molar-refractivity contribution in [2.24, 2.45) is 0 Å². The summed E-state index contributed by atoms with van der Waals surface area (Å²) in [5.74, 6) is -0.536. The topological polar surface area (TPSA) is 67.4 Å². The summed E-state index contributed by atoms with van der Waals surface area (Å²) in [4.78, 5) is 23.7.